The van der Waals surface area contributed by atoms with Crippen LogP contribution in [0.4, 0.5) is 0 Å². The summed E-state index contributed by atoms with van der Waals surface area (Å²) >= 11 is 4.74. The summed E-state index contributed by atoms with van der Waals surface area (Å²) in [4.78, 5) is 21.7. The van der Waals surface area contributed by atoms with Gasteiger partial charge in [0.15, 0.2) is 0 Å². The molecular formula is C38H76O4S. The molecule has 0 saturated carbocycles. The zero-order chi connectivity index (χ0) is 32.4. The van der Waals surface area contributed by atoms with E-state index >= 15 is 0 Å². The Hall–Kier alpha value is -0.710. The molecule has 1 N–H and O–H groups in total. The van der Waals surface area contributed by atoms with Crippen LogP contribution in [0, 0.1) is 11.8 Å². The second-order valence-corrected chi connectivity index (χ2v) is 14.5. The van der Waals surface area contributed by atoms with Gasteiger partial charge >= 0.3 is 11.9 Å². The van der Waals surface area contributed by atoms with Gasteiger partial charge in [-0.05, 0) is 43.9 Å². The summed E-state index contributed by atoms with van der Waals surface area (Å²) in [7, 11) is 0. The fourth-order valence-electron chi connectivity index (χ4n) is 5.27. The lowest BCUT2D eigenvalue weighted by Crippen LogP contribution is -2.07. The van der Waals surface area contributed by atoms with Crippen LogP contribution in [0.25, 0.3) is 0 Å². The molecule has 0 aliphatic heterocycles. The Morgan fingerprint density at radius 2 is 0.907 bits per heavy atom. The van der Waals surface area contributed by atoms with E-state index in [0.717, 1.165) is 43.9 Å². The topological polar surface area (TPSA) is 63.6 Å². The number of unbranched alkanes of at least 4 members (excludes halogenated alkanes) is 17. The third-order valence-electron chi connectivity index (χ3n) is 8.17. The molecule has 0 aromatic carbocycles. The minimum atomic E-state index is -0.693. The van der Waals surface area contributed by atoms with Gasteiger partial charge in [-0.2, -0.15) is 12.6 Å². The molecule has 0 aromatic heterocycles. The van der Waals surface area contributed by atoms with Gasteiger partial charge in [0.05, 0.1) is 6.61 Å². The number of carboxylic acid groups (broad SMARTS) is 1. The number of carbonyl (C=O) groups excluding carboxylic acids is 1. The van der Waals surface area contributed by atoms with Crippen LogP contribution in [-0.2, 0) is 14.3 Å². The van der Waals surface area contributed by atoms with Crippen molar-refractivity contribution in [3.05, 3.63) is 0 Å². The molecule has 5 heteroatoms. The number of ether oxygens (including phenoxy) is 1. The summed E-state index contributed by atoms with van der Waals surface area (Å²) < 4.78 is 5.43. The second kappa shape index (κ2) is 35.8. The highest BCUT2D eigenvalue weighted by molar-refractivity contribution is 7.80. The van der Waals surface area contributed by atoms with E-state index in [1.54, 1.807) is 0 Å². The SMILES string of the molecule is CC(C)CCCCCCCCCCCOC(=O)CCCC(S)CCCCCCCCCCCC(C)C.CCCCC(=O)O. The molecule has 0 spiro atoms. The van der Waals surface area contributed by atoms with Gasteiger partial charge < -0.3 is 9.84 Å². The molecule has 4 nitrogen and oxygen atoms in total. The lowest BCUT2D eigenvalue weighted by molar-refractivity contribution is -0.144. The molecule has 43 heavy (non-hydrogen) atoms. The van der Waals surface area contributed by atoms with Crippen molar-refractivity contribution in [2.24, 2.45) is 11.8 Å². The van der Waals surface area contributed by atoms with Crippen molar-refractivity contribution >= 4 is 24.6 Å². The number of thiol groups is 1. The summed E-state index contributed by atoms with van der Waals surface area (Å²) in [5.41, 5.74) is 0. The van der Waals surface area contributed by atoms with E-state index in [0.29, 0.717) is 24.7 Å². The van der Waals surface area contributed by atoms with Crippen LogP contribution in [0.5, 0.6) is 0 Å². The Labute approximate surface area is 275 Å². The predicted molar refractivity (Wildman–Crippen MR) is 191 cm³/mol. The summed E-state index contributed by atoms with van der Waals surface area (Å²) in [5, 5.41) is 8.48. The van der Waals surface area contributed by atoms with E-state index < -0.39 is 5.97 Å². The Balaban J connectivity index is 0. The number of esters is 1. The second-order valence-electron chi connectivity index (χ2n) is 13.8. The fraction of sp³-hybridized carbons (Fsp3) is 0.947. The number of rotatable bonds is 31. The van der Waals surface area contributed by atoms with E-state index in [1.807, 2.05) is 6.92 Å². The Morgan fingerprint density at radius 3 is 1.28 bits per heavy atom. The van der Waals surface area contributed by atoms with E-state index in [4.69, 9.17) is 22.5 Å². The zero-order valence-electron chi connectivity index (χ0n) is 29.7. The molecule has 0 fully saturated rings. The maximum absolute atomic E-state index is 12.0. The van der Waals surface area contributed by atoms with Crippen LogP contribution in [0.15, 0.2) is 0 Å². The maximum atomic E-state index is 12.0. The van der Waals surface area contributed by atoms with Gasteiger partial charge in [-0.25, -0.2) is 0 Å². The van der Waals surface area contributed by atoms with Crippen LogP contribution in [0.1, 0.15) is 208 Å². The smallest absolute Gasteiger partial charge is 0.305 e. The summed E-state index contributed by atoms with van der Waals surface area (Å²) in [6.07, 6.45) is 32.8. The van der Waals surface area contributed by atoms with Crippen molar-refractivity contribution in [1.82, 2.24) is 0 Å². The van der Waals surface area contributed by atoms with Crippen molar-refractivity contribution in [2.75, 3.05) is 6.61 Å². The monoisotopic (exact) mass is 629 g/mol. The van der Waals surface area contributed by atoms with Crippen LogP contribution < -0.4 is 0 Å². The molecule has 1 unspecified atom stereocenters. The molecule has 0 radical (unpaired) electrons. The Morgan fingerprint density at radius 1 is 0.535 bits per heavy atom. The molecule has 0 aliphatic carbocycles. The number of carboxylic acids is 1. The third kappa shape index (κ3) is 43.5. The molecule has 1 atom stereocenters. The highest BCUT2D eigenvalue weighted by atomic mass is 32.1. The molecule has 0 bridgehead atoms. The van der Waals surface area contributed by atoms with Gasteiger partial charge in [-0.3, -0.25) is 9.59 Å². The van der Waals surface area contributed by atoms with Crippen molar-refractivity contribution < 1.29 is 19.4 Å². The van der Waals surface area contributed by atoms with Gasteiger partial charge in [-0.1, -0.05) is 163 Å². The van der Waals surface area contributed by atoms with Crippen molar-refractivity contribution in [3.8, 4) is 0 Å². The predicted octanol–water partition coefficient (Wildman–Crippen LogP) is 12.8. The minimum Gasteiger partial charge on any atom is -0.481 e. The van der Waals surface area contributed by atoms with Gasteiger partial charge in [0.25, 0.3) is 0 Å². The third-order valence-corrected chi connectivity index (χ3v) is 8.69. The van der Waals surface area contributed by atoms with Gasteiger partial charge in [0.1, 0.15) is 0 Å². The molecular weight excluding hydrogens is 552 g/mol. The quantitative estimate of drug-likeness (QED) is 0.0455. The normalized spacial score (nSPS) is 11.9. The summed E-state index contributed by atoms with van der Waals surface area (Å²) in [5.74, 6) is 1.01. The largest absolute Gasteiger partial charge is 0.481 e. The summed E-state index contributed by atoms with van der Waals surface area (Å²) in [6.45, 7) is 11.9. The average Bonchev–Trinajstić information content (AvgIpc) is 2.95. The van der Waals surface area contributed by atoms with Gasteiger partial charge in [0.2, 0.25) is 0 Å². The van der Waals surface area contributed by atoms with E-state index in [2.05, 4.69) is 27.7 Å². The van der Waals surface area contributed by atoms with Crippen molar-refractivity contribution in [2.45, 2.75) is 213 Å². The molecule has 0 aliphatic rings. The first-order valence-corrected chi connectivity index (χ1v) is 19.3. The molecule has 0 rings (SSSR count). The number of carbonyl (C=O) groups is 2. The van der Waals surface area contributed by atoms with Crippen LogP contribution in [-0.4, -0.2) is 28.9 Å². The Bertz CT molecular complexity index is 578. The molecule has 0 amide bonds. The summed E-state index contributed by atoms with van der Waals surface area (Å²) in [6, 6.07) is 0. The minimum absolute atomic E-state index is 0.0128. The van der Waals surface area contributed by atoms with E-state index in [-0.39, 0.29) is 5.97 Å². The number of aliphatic carboxylic acids is 1. The molecule has 0 aromatic rings. The van der Waals surface area contributed by atoms with Gasteiger partial charge in [0, 0.05) is 18.1 Å². The first-order valence-electron chi connectivity index (χ1n) is 18.7. The highest BCUT2D eigenvalue weighted by Gasteiger charge is 2.07. The van der Waals surface area contributed by atoms with Crippen molar-refractivity contribution in [1.29, 1.82) is 0 Å². The zero-order valence-corrected chi connectivity index (χ0v) is 30.5. The lowest BCUT2D eigenvalue weighted by atomic mass is 10.0. The molecule has 258 valence electrons. The van der Waals surface area contributed by atoms with Crippen LogP contribution in [0.2, 0.25) is 0 Å². The fourth-order valence-corrected chi connectivity index (χ4v) is 5.64. The highest BCUT2D eigenvalue weighted by Crippen LogP contribution is 2.18. The number of hydrogen-bond donors (Lipinski definition) is 2. The van der Waals surface area contributed by atoms with Crippen LogP contribution in [0.3, 0.4) is 0 Å². The maximum Gasteiger partial charge on any atom is 0.305 e. The van der Waals surface area contributed by atoms with Crippen molar-refractivity contribution in [3.63, 3.8) is 0 Å². The first kappa shape index (κ1) is 44.4. The number of hydrogen-bond acceptors (Lipinski definition) is 4. The molecule has 0 saturated heterocycles. The standard InChI is InChI=1S/C33H66O2S.C5H10O2/c1-30(2)24-19-15-11-7-5-9-13-17-21-26-32(36)27-23-28-33(34)35-29-22-18-14-10-6-8-12-16-20-25-31(3)4;1-2-3-4-5(6)7/h30-32,36H,5-29H2,1-4H3;2-4H2,1H3,(H,6,7). The average molecular weight is 629 g/mol. The van der Waals surface area contributed by atoms with Gasteiger partial charge in [-0.15, -0.1) is 0 Å². The Kier molecular flexibility index (Phi) is 36.9. The lowest BCUT2D eigenvalue weighted by Gasteiger charge is -2.10. The van der Waals surface area contributed by atoms with E-state index in [1.165, 1.54) is 128 Å². The van der Waals surface area contributed by atoms with Crippen LogP contribution >= 0.6 is 12.6 Å². The molecule has 0 heterocycles. The first-order chi connectivity index (χ1) is 20.7. The van der Waals surface area contributed by atoms with E-state index in [9.17, 15) is 9.59 Å².